The molecule has 0 bridgehead atoms. The number of fused-ring (bicyclic) bond motifs is 4. The van der Waals surface area contributed by atoms with Gasteiger partial charge >= 0.3 is 37.9 Å². The van der Waals surface area contributed by atoms with Crippen LogP contribution in [0.1, 0.15) is 25.0 Å². The zero-order valence-electron chi connectivity index (χ0n) is 32.8. The summed E-state index contributed by atoms with van der Waals surface area (Å²) in [5.74, 6) is 0. The van der Waals surface area contributed by atoms with E-state index in [2.05, 4.69) is 220 Å². The zero-order chi connectivity index (χ0) is 40.1. The third-order valence-corrected chi connectivity index (χ3v) is 11.7. The molecule has 0 aliphatic heterocycles. The van der Waals surface area contributed by atoms with E-state index >= 15 is 0 Å². The molecule has 0 unspecified atom stereocenters. The maximum Gasteiger partial charge on any atom is 0.121 e. The van der Waals surface area contributed by atoms with Gasteiger partial charge in [-0.25, -0.2) is 0 Å². The van der Waals surface area contributed by atoms with Crippen LogP contribution in [0, 0.1) is 0 Å². The summed E-state index contributed by atoms with van der Waals surface area (Å²) in [5, 5.41) is 13.5. The Balaban J connectivity index is 0.000000132. The maximum absolute atomic E-state index is 4.93. The standard InChI is InChI=1S/2C21H17.C12H10Si.2ClH.Zr/c2*1-2-15-13-17-9-6-12-20(21(17)14-15)19-11-5-8-16-7-3-4-10-18(16)19;1-3-7-11(8-4-1)13-12-9-5-2-6-10-12;;;/h2*3-14H,2H2,1H3;1-10H;2*1H;/q2*-1;;;;+4/p-2. The molecule has 282 valence electrons. The Kier molecular flexibility index (Phi) is 14.8. The zero-order valence-corrected chi connectivity index (χ0v) is 37.8. The van der Waals surface area contributed by atoms with E-state index in [1.807, 2.05) is 0 Å². The summed E-state index contributed by atoms with van der Waals surface area (Å²) < 4.78 is 0. The largest absolute Gasteiger partial charge is 0.121 e. The summed E-state index contributed by atoms with van der Waals surface area (Å²) in [7, 11) is 10.6. The molecule has 2 radical (unpaired) electrons. The van der Waals surface area contributed by atoms with Crippen LogP contribution in [0.4, 0.5) is 0 Å². The Labute approximate surface area is 364 Å². The van der Waals surface area contributed by atoms with Crippen LogP contribution in [0.25, 0.3) is 65.3 Å². The Hall–Kier alpha value is -4.82. The van der Waals surface area contributed by atoms with Crippen molar-refractivity contribution in [1.29, 1.82) is 0 Å². The van der Waals surface area contributed by atoms with Gasteiger partial charge in [0.2, 0.25) is 0 Å². The molecule has 0 spiro atoms. The minimum Gasteiger partial charge on any atom is -0.0631 e. The smallest absolute Gasteiger partial charge is 0.0631 e. The van der Waals surface area contributed by atoms with Crippen molar-refractivity contribution in [3.8, 4) is 22.3 Å². The van der Waals surface area contributed by atoms with Gasteiger partial charge in [-0.05, 0) is 45.5 Å². The third-order valence-electron chi connectivity index (χ3n) is 10.4. The van der Waals surface area contributed by atoms with E-state index in [9.17, 15) is 0 Å². The topological polar surface area (TPSA) is 0 Å². The van der Waals surface area contributed by atoms with E-state index in [0.717, 1.165) is 22.4 Å². The fourth-order valence-corrected chi connectivity index (χ4v) is 8.65. The number of halogens is 2. The second-order valence-corrected chi connectivity index (χ2v) is 19.2. The molecule has 0 aliphatic rings. The van der Waals surface area contributed by atoms with Crippen molar-refractivity contribution in [3.63, 3.8) is 0 Å². The van der Waals surface area contributed by atoms with Gasteiger partial charge in [0.05, 0.1) is 0 Å². The molecule has 0 aliphatic carbocycles. The normalized spacial score (nSPS) is 10.6. The summed E-state index contributed by atoms with van der Waals surface area (Å²) in [6.45, 7) is 4.43. The van der Waals surface area contributed by atoms with Gasteiger partial charge in [-0.1, -0.05) is 193 Å². The van der Waals surface area contributed by atoms with E-state index in [1.54, 1.807) is 0 Å². The first-order chi connectivity index (χ1) is 28.6. The third kappa shape index (κ3) is 10.1. The van der Waals surface area contributed by atoms with Gasteiger partial charge in [-0.2, -0.15) is 12.1 Å². The maximum atomic E-state index is 4.93. The van der Waals surface area contributed by atoms with E-state index in [1.165, 1.54) is 86.8 Å². The van der Waals surface area contributed by atoms with Gasteiger partial charge in [0.1, 0.15) is 9.52 Å². The molecule has 0 aromatic heterocycles. The van der Waals surface area contributed by atoms with Gasteiger partial charge in [0.15, 0.2) is 0 Å². The predicted octanol–water partition coefficient (Wildman–Crippen LogP) is 14.6. The van der Waals surface area contributed by atoms with Crippen molar-refractivity contribution in [3.05, 3.63) is 217 Å². The SMILES string of the molecule is CCc1cc2c(-c3cccc4ccccc34)cccc2[cH-]1.CCc1cc2c(-c3cccc4ccccc34)cccc2[cH-]1.[Cl][Zr+2][Cl].c1ccc([Si]c2ccccc2)cc1. The van der Waals surface area contributed by atoms with Crippen molar-refractivity contribution in [2.75, 3.05) is 0 Å². The molecule has 0 fully saturated rings. The molecule has 10 aromatic rings. The molecule has 58 heavy (non-hydrogen) atoms. The number of rotatable bonds is 6. The Bertz CT molecular complexity index is 2630. The Morgan fingerprint density at radius 2 is 0.724 bits per heavy atom. The summed E-state index contributed by atoms with van der Waals surface area (Å²) in [4.78, 5) is 0. The Morgan fingerprint density at radius 1 is 0.397 bits per heavy atom. The molecule has 0 heterocycles. The predicted molar refractivity (Wildman–Crippen MR) is 253 cm³/mol. The van der Waals surface area contributed by atoms with Crippen molar-refractivity contribution >= 4 is 80.0 Å². The molecule has 4 heteroatoms. The molecular weight excluding hydrogens is 839 g/mol. The fourth-order valence-electron chi connectivity index (χ4n) is 7.60. The van der Waals surface area contributed by atoms with Crippen LogP contribution in [0.5, 0.6) is 0 Å². The van der Waals surface area contributed by atoms with Crippen LogP contribution in [0.3, 0.4) is 0 Å². The molecule has 0 saturated heterocycles. The van der Waals surface area contributed by atoms with Crippen LogP contribution in [-0.4, -0.2) is 9.52 Å². The molecule has 0 saturated carbocycles. The van der Waals surface area contributed by atoms with Crippen molar-refractivity contribution in [1.82, 2.24) is 0 Å². The summed E-state index contributed by atoms with van der Waals surface area (Å²) >= 11 is -0.826. The molecule has 0 atom stereocenters. The van der Waals surface area contributed by atoms with Crippen LogP contribution < -0.4 is 10.4 Å². The summed E-state index contributed by atoms with van der Waals surface area (Å²) in [5.41, 5.74) is 8.15. The van der Waals surface area contributed by atoms with Crippen LogP contribution in [0.2, 0.25) is 0 Å². The van der Waals surface area contributed by atoms with Gasteiger partial charge in [0, 0.05) is 0 Å². The van der Waals surface area contributed by atoms with Crippen molar-refractivity contribution in [2.45, 2.75) is 26.7 Å². The summed E-state index contributed by atoms with van der Waals surface area (Å²) in [6.07, 6.45) is 2.17. The number of hydrogen-bond donors (Lipinski definition) is 0. The van der Waals surface area contributed by atoms with Crippen LogP contribution in [-0.2, 0) is 33.7 Å². The van der Waals surface area contributed by atoms with Gasteiger partial charge in [-0.15, -0.1) is 69.1 Å². The minimum atomic E-state index is -0.826. The van der Waals surface area contributed by atoms with E-state index in [4.69, 9.17) is 17.0 Å². The number of hydrogen-bond acceptors (Lipinski definition) is 0. The summed E-state index contributed by atoms with van der Waals surface area (Å²) in [6, 6.07) is 74.1. The quantitative estimate of drug-likeness (QED) is 0.115. The Morgan fingerprint density at radius 3 is 1.12 bits per heavy atom. The second-order valence-electron chi connectivity index (χ2n) is 14.0. The number of benzene rings is 8. The van der Waals surface area contributed by atoms with Gasteiger partial charge in [-0.3, -0.25) is 0 Å². The molecule has 10 aromatic carbocycles. The van der Waals surface area contributed by atoms with Crippen molar-refractivity contribution < 1.29 is 20.8 Å². The first-order valence-corrected chi connectivity index (χ1v) is 27.1. The first kappa shape index (κ1) is 41.3. The van der Waals surface area contributed by atoms with Crippen molar-refractivity contribution in [2.24, 2.45) is 0 Å². The molecule has 10 rings (SSSR count). The average molecular weight is 883 g/mol. The van der Waals surface area contributed by atoms with E-state index < -0.39 is 20.8 Å². The monoisotopic (exact) mass is 880 g/mol. The second kappa shape index (κ2) is 20.7. The molecular formula is C54H44Cl2SiZr. The van der Waals surface area contributed by atoms with Gasteiger partial charge < -0.3 is 0 Å². The minimum absolute atomic E-state index is 0.777. The molecule has 0 nitrogen and oxygen atoms in total. The molecule has 0 N–H and O–H groups in total. The molecule has 0 amide bonds. The van der Waals surface area contributed by atoms with E-state index in [-0.39, 0.29) is 0 Å². The first-order valence-electron chi connectivity index (χ1n) is 19.8. The van der Waals surface area contributed by atoms with Crippen LogP contribution in [0.15, 0.2) is 206 Å². The average Bonchev–Trinajstić information content (AvgIpc) is 3.92. The van der Waals surface area contributed by atoms with E-state index in [0.29, 0.717) is 0 Å². The van der Waals surface area contributed by atoms with Gasteiger partial charge in [0.25, 0.3) is 0 Å². The fraction of sp³-hybridized carbons (Fsp3) is 0.0741. The van der Waals surface area contributed by atoms with Crippen LogP contribution >= 0.6 is 17.0 Å². The number of aryl methyl sites for hydroxylation is 2.